The van der Waals surface area contributed by atoms with E-state index in [0.29, 0.717) is 23.7 Å². The van der Waals surface area contributed by atoms with Gasteiger partial charge in [-0.2, -0.15) is 5.10 Å². The van der Waals surface area contributed by atoms with Crippen LogP contribution >= 0.6 is 23.5 Å². The third-order valence-corrected chi connectivity index (χ3v) is 7.30. The Bertz CT molecular complexity index is 860. The number of phenolic OH excluding ortho intramolecular Hbond substituents is 1. The number of rotatable bonds is 7. The van der Waals surface area contributed by atoms with Crippen molar-refractivity contribution in [2.24, 2.45) is 16.7 Å². The number of hydrazone groups is 1. The fourth-order valence-corrected chi connectivity index (χ4v) is 5.19. The van der Waals surface area contributed by atoms with Gasteiger partial charge in [0.15, 0.2) is 0 Å². The lowest BCUT2D eigenvalue weighted by molar-refractivity contribution is 0.159. The van der Waals surface area contributed by atoms with E-state index in [4.69, 9.17) is 17.3 Å². The largest absolute Gasteiger partial charge is 0.508 e. The van der Waals surface area contributed by atoms with Crippen molar-refractivity contribution in [3.05, 3.63) is 78.3 Å². The van der Waals surface area contributed by atoms with E-state index >= 15 is 0 Å². The van der Waals surface area contributed by atoms with Crippen molar-refractivity contribution in [1.29, 1.82) is 0 Å². The van der Waals surface area contributed by atoms with Crippen LogP contribution in [0.4, 0.5) is 0 Å². The highest BCUT2D eigenvalue weighted by molar-refractivity contribution is 7.97. The monoisotopic (exact) mass is 533 g/mol. The van der Waals surface area contributed by atoms with Gasteiger partial charge in [-0.25, -0.2) is 0 Å². The number of halogens is 1. The highest BCUT2D eigenvalue weighted by Gasteiger charge is 2.32. The van der Waals surface area contributed by atoms with E-state index in [0.717, 1.165) is 16.8 Å². The van der Waals surface area contributed by atoms with E-state index in [1.165, 1.54) is 44.2 Å². The molecule has 1 saturated carbocycles. The lowest BCUT2D eigenvalue weighted by Gasteiger charge is -2.35. The second-order valence-corrected chi connectivity index (χ2v) is 10.7. The molecule has 1 heterocycles. The molecule has 0 spiro atoms. The summed E-state index contributed by atoms with van der Waals surface area (Å²) in [4.78, 5) is 2.69. The van der Waals surface area contributed by atoms with Crippen LogP contribution in [-0.4, -0.2) is 51.6 Å². The SMILES string of the molecule is C/C(N)=N/N.C=C.CCC(CN(C)SC1CC1)N1CCCC1c1ccc(O)cc1.Clc1ccccc1. The average Bonchev–Trinajstić information content (AvgIpc) is 3.57. The number of amidine groups is 1. The molecule has 1 aliphatic carbocycles. The normalized spacial score (nSPS) is 18.1. The van der Waals surface area contributed by atoms with Crippen LogP contribution in [0.5, 0.6) is 5.75 Å². The van der Waals surface area contributed by atoms with Crippen molar-refractivity contribution in [2.75, 3.05) is 20.1 Å². The molecule has 0 radical (unpaired) electrons. The second kappa shape index (κ2) is 18.1. The van der Waals surface area contributed by atoms with Crippen LogP contribution in [0.2, 0.25) is 5.02 Å². The summed E-state index contributed by atoms with van der Waals surface area (Å²) < 4.78 is 2.46. The average molecular weight is 534 g/mol. The third-order valence-electron chi connectivity index (χ3n) is 5.77. The summed E-state index contributed by atoms with van der Waals surface area (Å²) in [7, 11) is 2.25. The Labute approximate surface area is 227 Å². The molecular formula is C28H44ClN5OS. The third kappa shape index (κ3) is 12.7. The van der Waals surface area contributed by atoms with Crippen LogP contribution in [0, 0.1) is 0 Å². The van der Waals surface area contributed by atoms with Gasteiger partial charge in [-0.1, -0.05) is 60.8 Å². The lowest BCUT2D eigenvalue weighted by atomic mass is 10.0. The van der Waals surface area contributed by atoms with Gasteiger partial charge in [0.2, 0.25) is 0 Å². The summed E-state index contributed by atoms with van der Waals surface area (Å²) in [5.74, 6) is 5.40. The topological polar surface area (TPSA) is 91.1 Å². The number of nitrogens with zero attached hydrogens (tertiary/aromatic N) is 3. The molecule has 1 aliphatic heterocycles. The van der Waals surface area contributed by atoms with E-state index in [1.54, 1.807) is 6.92 Å². The number of phenols is 1. The van der Waals surface area contributed by atoms with Crippen molar-refractivity contribution in [3.63, 3.8) is 0 Å². The number of hydrogen-bond donors (Lipinski definition) is 3. The second-order valence-electron chi connectivity index (χ2n) is 8.73. The van der Waals surface area contributed by atoms with E-state index in [-0.39, 0.29) is 0 Å². The first-order chi connectivity index (χ1) is 17.3. The molecule has 4 rings (SSSR count). The number of hydrogen-bond acceptors (Lipinski definition) is 6. The molecule has 0 bridgehead atoms. The summed E-state index contributed by atoms with van der Waals surface area (Å²) >= 11 is 7.58. The van der Waals surface area contributed by atoms with E-state index < -0.39 is 0 Å². The zero-order valence-corrected chi connectivity index (χ0v) is 23.6. The minimum absolute atomic E-state index is 0.362. The van der Waals surface area contributed by atoms with Crippen molar-refractivity contribution >= 4 is 29.4 Å². The van der Waals surface area contributed by atoms with Gasteiger partial charge in [0.25, 0.3) is 0 Å². The molecule has 5 N–H and O–H groups in total. The van der Waals surface area contributed by atoms with Gasteiger partial charge in [0.05, 0.1) is 0 Å². The Hall–Kier alpha value is -2.19. The Morgan fingerprint density at radius 2 is 1.75 bits per heavy atom. The molecule has 2 atom stereocenters. The molecule has 6 nitrogen and oxygen atoms in total. The Kier molecular flexibility index (Phi) is 16.0. The van der Waals surface area contributed by atoms with Crippen LogP contribution < -0.4 is 11.6 Å². The molecule has 0 aromatic heterocycles. The number of likely N-dealkylation sites (N-methyl/N-ethyl adjacent to an activating group) is 1. The molecule has 2 aliphatic rings. The van der Waals surface area contributed by atoms with Crippen molar-refractivity contribution in [1.82, 2.24) is 9.21 Å². The van der Waals surface area contributed by atoms with Crippen LogP contribution in [0.25, 0.3) is 0 Å². The van der Waals surface area contributed by atoms with E-state index in [2.05, 4.69) is 59.4 Å². The maximum Gasteiger partial charge on any atom is 0.116 e. The summed E-state index contributed by atoms with van der Waals surface area (Å²) in [5.41, 5.74) is 6.27. The van der Waals surface area contributed by atoms with Crippen LogP contribution in [-0.2, 0) is 0 Å². The smallest absolute Gasteiger partial charge is 0.116 e. The number of benzene rings is 2. The Morgan fingerprint density at radius 1 is 1.17 bits per heavy atom. The lowest BCUT2D eigenvalue weighted by Crippen LogP contribution is -2.40. The summed E-state index contributed by atoms with van der Waals surface area (Å²) in [5, 5.41) is 14.3. The fourth-order valence-electron chi connectivity index (χ4n) is 3.93. The van der Waals surface area contributed by atoms with Gasteiger partial charge in [-0.3, -0.25) is 9.21 Å². The molecule has 200 valence electrons. The highest BCUT2D eigenvalue weighted by Crippen LogP contribution is 2.38. The van der Waals surface area contributed by atoms with Gasteiger partial charge in [-0.15, -0.1) is 13.2 Å². The molecule has 2 aromatic rings. The van der Waals surface area contributed by atoms with Crippen molar-refractivity contribution < 1.29 is 5.11 Å². The zero-order valence-electron chi connectivity index (χ0n) is 22.0. The quantitative estimate of drug-likeness (QED) is 0.0948. The van der Waals surface area contributed by atoms with Gasteiger partial charge in [0.1, 0.15) is 11.6 Å². The molecule has 2 unspecified atom stereocenters. The summed E-state index contributed by atoms with van der Waals surface area (Å²) in [6.07, 6.45) is 6.50. The van der Waals surface area contributed by atoms with E-state index in [9.17, 15) is 5.11 Å². The molecule has 1 saturated heterocycles. The first-order valence-electron chi connectivity index (χ1n) is 12.5. The number of nitrogens with two attached hydrogens (primary N) is 2. The molecule has 0 amide bonds. The van der Waals surface area contributed by atoms with Crippen molar-refractivity contribution in [3.8, 4) is 5.75 Å². The minimum atomic E-state index is 0.362. The minimum Gasteiger partial charge on any atom is -0.508 e. The first kappa shape index (κ1) is 31.8. The predicted molar refractivity (Wildman–Crippen MR) is 158 cm³/mol. The van der Waals surface area contributed by atoms with Gasteiger partial charge >= 0.3 is 0 Å². The van der Waals surface area contributed by atoms with Crippen LogP contribution in [0.3, 0.4) is 0 Å². The molecular weight excluding hydrogens is 490 g/mol. The Balaban J connectivity index is 0.000000381. The summed E-state index contributed by atoms with van der Waals surface area (Å²) in [6, 6.07) is 18.4. The molecule has 2 aromatic carbocycles. The maximum absolute atomic E-state index is 9.51. The summed E-state index contributed by atoms with van der Waals surface area (Å²) in [6.45, 7) is 12.3. The molecule has 2 fully saturated rings. The fraction of sp³-hybridized carbons (Fsp3) is 0.464. The van der Waals surface area contributed by atoms with Gasteiger partial charge < -0.3 is 16.7 Å². The van der Waals surface area contributed by atoms with Gasteiger partial charge in [-0.05, 0) is 82.4 Å². The number of aromatic hydroxyl groups is 1. The van der Waals surface area contributed by atoms with Crippen molar-refractivity contribution in [2.45, 2.75) is 63.3 Å². The molecule has 8 heteroatoms. The maximum atomic E-state index is 9.51. The van der Waals surface area contributed by atoms with Gasteiger partial charge in [0, 0.05) is 28.9 Å². The predicted octanol–water partition coefficient (Wildman–Crippen LogP) is 6.43. The van der Waals surface area contributed by atoms with Crippen LogP contribution in [0.15, 0.2) is 72.9 Å². The molecule has 36 heavy (non-hydrogen) atoms. The first-order valence-corrected chi connectivity index (χ1v) is 13.7. The van der Waals surface area contributed by atoms with Crippen LogP contribution in [0.1, 0.15) is 57.6 Å². The highest BCUT2D eigenvalue weighted by atomic mass is 35.5. The zero-order chi connectivity index (χ0) is 26.9. The van der Waals surface area contributed by atoms with E-state index in [1.807, 2.05) is 54.4 Å². The number of likely N-dealkylation sites (tertiary alicyclic amines) is 1. The standard InChI is InChI=1S/C18H28N2OS.C6H5Cl.C2H7N3.C2H4/c1-3-15(13-19(2)22-17-10-11-17)20-12-4-5-18(20)14-6-8-16(21)9-7-14;7-6-4-2-1-3-5-6;1-2(3)5-4;1-2/h6-9,15,17-18,21H,3-5,10-13H2,1-2H3;1-5H;4H2,1H3,(H2,3,5);1-2H2. The Morgan fingerprint density at radius 3 is 2.19 bits per heavy atom.